The van der Waals surface area contributed by atoms with E-state index in [1.165, 1.54) is 21.7 Å². The summed E-state index contributed by atoms with van der Waals surface area (Å²) in [6.07, 6.45) is 0. The van der Waals surface area contributed by atoms with Crippen molar-refractivity contribution in [3.8, 4) is 5.69 Å². The van der Waals surface area contributed by atoms with Gasteiger partial charge >= 0.3 is 0 Å². The van der Waals surface area contributed by atoms with Crippen molar-refractivity contribution >= 4 is 5.91 Å². The second kappa shape index (κ2) is 5.23. The number of amides is 1. The summed E-state index contributed by atoms with van der Waals surface area (Å²) in [6, 6.07) is 5.76. The molecule has 1 aromatic carbocycles. The molecule has 1 amide bonds. The van der Waals surface area contributed by atoms with E-state index in [1.54, 1.807) is 19.1 Å². The molecule has 21 heavy (non-hydrogen) atoms. The molecule has 2 heterocycles. The lowest BCUT2D eigenvalue weighted by atomic mass is 10.0. The van der Waals surface area contributed by atoms with Gasteiger partial charge in [-0.05, 0) is 31.2 Å². The Morgan fingerprint density at radius 2 is 2.00 bits per heavy atom. The highest BCUT2D eigenvalue weighted by Gasteiger charge is 2.33. The number of aryl methyl sites for hydroxylation is 1. The molecule has 0 bridgehead atoms. The van der Waals surface area contributed by atoms with Crippen LogP contribution < -0.4 is 0 Å². The molecule has 0 saturated carbocycles. The molecular weight excluding hydrogens is 278 g/mol. The van der Waals surface area contributed by atoms with Gasteiger partial charge in [-0.1, -0.05) is 0 Å². The van der Waals surface area contributed by atoms with Crippen LogP contribution in [0.15, 0.2) is 24.3 Å². The smallest absolute Gasteiger partial charge is 0.293 e. The van der Waals surface area contributed by atoms with E-state index in [2.05, 4.69) is 10.1 Å². The summed E-state index contributed by atoms with van der Waals surface area (Å²) in [6.45, 7) is 2.10. The predicted octanol–water partition coefficient (Wildman–Crippen LogP) is 1.76. The molecule has 0 N–H and O–H groups in total. The minimum Gasteiger partial charge on any atom is -0.335 e. The van der Waals surface area contributed by atoms with Crippen molar-refractivity contribution in [1.29, 1.82) is 0 Å². The van der Waals surface area contributed by atoms with E-state index >= 15 is 0 Å². The van der Waals surface area contributed by atoms with Gasteiger partial charge in [-0.3, -0.25) is 9.18 Å². The number of rotatable bonds is 3. The quantitative estimate of drug-likeness (QED) is 0.866. The molecule has 110 valence electrons. The fourth-order valence-corrected chi connectivity index (χ4v) is 2.28. The lowest BCUT2D eigenvalue weighted by molar-refractivity contribution is 0.0440. The van der Waals surface area contributed by atoms with E-state index in [0.717, 1.165) is 0 Å². The van der Waals surface area contributed by atoms with Gasteiger partial charge in [0.25, 0.3) is 5.91 Å². The van der Waals surface area contributed by atoms with E-state index in [1.807, 2.05) is 0 Å². The molecule has 0 atom stereocenters. The van der Waals surface area contributed by atoms with Gasteiger partial charge in [-0.25, -0.2) is 14.1 Å². The number of carbonyl (C=O) groups excluding carboxylic acids is 1. The first kappa shape index (κ1) is 13.7. The molecule has 7 heteroatoms. The van der Waals surface area contributed by atoms with Crippen molar-refractivity contribution in [3.63, 3.8) is 0 Å². The topological polar surface area (TPSA) is 51.0 Å². The number of hydrogen-bond acceptors (Lipinski definition) is 3. The van der Waals surface area contributed by atoms with Crippen molar-refractivity contribution in [3.05, 3.63) is 41.7 Å². The summed E-state index contributed by atoms with van der Waals surface area (Å²) in [5, 5.41) is 4.16. The first-order valence-corrected chi connectivity index (χ1v) is 6.63. The number of benzene rings is 1. The summed E-state index contributed by atoms with van der Waals surface area (Å²) in [5.41, 5.74) is 0.630. The van der Waals surface area contributed by atoms with Crippen LogP contribution in [0.25, 0.3) is 5.69 Å². The standard InChI is InChI=1S/C14H14F2N4O/c1-9-17-13(14(21)19-7-10(6-15)8-19)18-20(9)12-4-2-11(16)3-5-12/h2-5,10H,6-8H2,1H3. The van der Waals surface area contributed by atoms with Crippen LogP contribution in [0.3, 0.4) is 0 Å². The third-order valence-corrected chi connectivity index (χ3v) is 3.49. The minimum absolute atomic E-state index is 0.0748. The number of aromatic nitrogens is 3. The zero-order valence-corrected chi connectivity index (χ0v) is 11.5. The van der Waals surface area contributed by atoms with Crippen LogP contribution in [0.2, 0.25) is 0 Å². The largest absolute Gasteiger partial charge is 0.335 e. The Labute approximate surface area is 120 Å². The third-order valence-electron chi connectivity index (χ3n) is 3.49. The summed E-state index contributed by atoms with van der Waals surface area (Å²) >= 11 is 0. The van der Waals surface area contributed by atoms with Gasteiger partial charge in [0.05, 0.1) is 12.4 Å². The zero-order valence-electron chi connectivity index (χ0n) is 11.5. The summed E-state index contributed by atoms with van der Waals surface area (Å²) < 4.78 is 26.8. The zero-order chi connectivity index (χ0) is 15.0. The minimum atomic E-state index is -0.416. The third kappa shape index (κ3) is 2.51. The van der Waals surface area contributed by atoms with E-state index in [4.69, 9.17) is 0 Å². The lowest BCUT2D eigenvalue weighted by Gasteiger charge is -2.36. The molecule has 1 saturated heterocycles. The van der Waals surface area contributed by atoms with Gasteiger partial charge in [0.1, 0.15) is 11.6 Å². The van der Waals surface area contributed by atoms with Crippen LogP contribution in [0.4, 0.5) is 8.78 Å². The monoisotopic (exact) mass is 292 g/mol. The van der Waals surface area contributed by atoms with Gasteiger partial charge in [-0.2, -0.15) is 0 Å². The number of likely N-dealkylation sites (tertiary alicyclic amines) is 1. The Kier molecular flexibility index (Phi) is 3.40. The second-order valence-electron chi connectivity index (χ2n) is 5.10. The Balaban J connectivity index is 1.81. The summed E-state index contributed by atoms with van der Waals surface area (Å²) in [7, 11) is 0. The maximum atomic E-state index is 12.9. The maximum Gasteiger partial charge on any atom is 0.293 e. The van der Waals surface area contributed by atoms with Gasteiger partial charge in [-0.15, -0.1) is 5.10 Å². The normalized spacial score (nSPS) is 15.1. The summed E-state index contributed by atoms with van der Waals surface area (Å²) in [4.78, 5) is 17.8. The Hall–Kier alpha value is -2.31. The van der Waals surface area contributed by atoms with Crippen LogP contribution in [0.5, 0.6) is 0 Å². The Bertz CT molecular complexity index is 662. The van der Waals surface area contributed by atoms with Crippen molar-refractivity contribution in [1.82, 2.24) is 19.7 Å². The predicted molar refractivity (Wildman–Crippen MR) is 71.4 cm³/mol. The highest BCUT2D eigenvalue weighted by Crippen LogP contribution is 2.18. The average molecular weight is 292 g/mol. The molecular formula is C14H14F2N4O. The second-order valence-corrected chi connectivity index (χ2v) is 5.10. The maximum absolute atomic E-state index is 12.9. The SMILES string of the molecule is Cc1nc(C(=O)N2CC(CF)C2)nn1-c1ccc(F)cc1. The van der Waals surface area contributed by atoms with E-state index in [-0.39, 0.29) is 23.5 Å². The highest BCUT2D eigenvalue weighted by atomic mass is 19.1. The molecule has 2 aromatic rings. The lowest BCUT2D eigenvalue weighted by Crippen LogP contribution is -2.51. The fourth-order valence-electron chi connectivity index (χ4n) is 2.28. The van der Waals surface area contributed by atoms with Crippen LogP contribution in [0.1, 0.15) is 16.4 Å². The first-order chi connectivity index (χ1) is 10.1. The van der Waals surface area contributed by atoms with Crippen molar-refractivity contribution in [2.75, 3.05) is 19.8 Å². The molecule has 5 nitrogen and oxygen atoms in total. The van der Waals surface area contributed by atoms with E-state index < -0.39 is 6.67 Å². The van der Waals surface area contributed by atoms with Crippen molar-refractivity contribution in [2.45, 2.75) is 6.92 Å². The molecule has 1 aromatic heterocycles. The molecule has 0 aliphatic carbocycles. The molecule has 1 aliphatic rings. The number of hydrogen-bond donors (Lipinski definition) is 0. The highest BCUT2D eigenvalue weighted by molar-refractivity contribution is 5.91. The fraction of sp³-hybridized carbons (Fsp3) is 0.357. The van der Waals surface area contributed by atoms with Crippen molar-refractivity contribution < 1.29 is 13.6 Å². The molecule has 0 unspecified atom stereocenters. The van der Waals surface area contributed by atoms with Gasteiger partial charge in [0, 0.05) is 19.0 Å². The number of carbonyl (C=O) groups is 1. The Morgan fingerprint density at radius 3 is 2.62 bits per heavy atom. The molecule has 1 fully saturated rings. The van der Waals surface area contributed by atoms with Crippen LogP contribution >= 0.6 is 0 Å². The van der Waals surface area contributed by atoms with Crippen molar-refractivity contribution in [2.24, 2.45) is 5.92 Å². The van der Waals surface area contributed by atoms with Crippen LogP contribution in [-0.4, -0.2) is 45.3 Å². The number of alkyl halides is 1. The first-order valence-electron chi connectivity index (χ1n) is 6.63. The molecule has 1 aliphatic heterocycles. The van der Waals surface area contributed by atoms with E-state index in [0.29, 0.717) is 24.6 Å². The average Bonchev–Trinajstić information content (AvgIpc) is 2.80. The molecule has 0 radical (unpaired) electrons. The van der Waals surface area contributed by atoms with Crippen LogP contribution in [-0.2, 0) is 0 Å². The van der Waals surface area contributed by atoms with E-state index in [9.17, 15) is 13.6 Å². The van der Waals surface area contributed by atoms with Gasteiger partial charge in [0.2, 0.25) is 5.82 Å². The molecule has 0 spiro atoms. The van der Waals surface area contributed by atoms with Gasteiger partial charge in [0.15, 0.2) is 0 Å². The summed E-state index contributed by atoms with van der Waals surface area (Å²) in [5.74, 6) is -0.106. The van der Waals surface area contributed by atoms with Crippen LogP contribution in [0, 0.1) is 18.7 Å². The molecule has 3 rings (SSSR count). The number of halogens is 2. The number of nitrogens with zero attached hydrogens (tertiary/aromatic N) is 4. The Morgan fingerprint density at radius 1 is 1.33 bits per heavy atom. The van der Waals surface area contributed by atoms with Gasteiger partial charge < -0.3 is 4.90 Å².